The molecule has 0 spiro atoms. The topological polar surface area (TPSA) is 59.6 Å². The summed E-state index contributed by atoms with van der Waals surface area (Å²) in [6.07, 6.45) is 5.98. The zero-order chi connectivity index (χ0) is 13.9. The molecule has 19 heavy (non-hydrogen) atoms. The van der Waals surface area contributed by atoms with Gasteiger partial charge in [-0.1, -0.05) is 40.0 Å². The fraction of sp³-hybridized carbons (Fsp3) is 0.929. The lowest BCUT2D eigenvalue weighted by atomic mass is 9.90. The summed E-state index contributed by atoms with van der Waals surface area (Å²) in [4.78, 5) is 4.39. The Morgan fingerprint density at radius 1 is 1.26 bits per heavy atom. The summed E-state index contributed by atoms with van der Waals surface area (Å²) in [5.74, 6) is 0.567. The number of ether oxygens (including phenoxy) is 1. The van der Waals surface area contributed by atoms with Crippen molar-refractivity contribution in [1.29, 1.82) is 0 Å². The number of nitrogens with two attached hydrogens (primary N) is 1. The molecule has 0 saturated carbocycles. The van der Waals surface area contributed by atoms with Gasteiger partial charge in [0.05, 0.1) is 0 Å². The van der Waals surface area contributed by atoms with Gasteiger partial charge in [-0.15, -0.1) is 24.0 Å². The number of nitrogens with zero attached hydrogens (tertiary/aromatic N) is 1. The largest absolute Gasteiger partial charge is 0.385 e. The summed E-state index contributed by atoms with van der Waals surface area (Å²) in [5, 5.41) is 3.17. The Labute approximate surface area is 136 Å². The lowest BCUT2D eigenvalue weighted by Gasteiger charge is -2.21. The smallest absolute Gasteiger partial charge is 0.188 e. The van der Waals surface area contributed by atoms with Crippen LogP contribution in [0.2, 0.25) is 0 Å². The number of hydrogen-bond donors (Lipinski definition) is 2. The van der Waals surface area contributed by atoms with Crippen LogP contribution < -0.4 is 11.1 Å². The highest BCUT2D eigenvalue weighted by Crippen LogP contribution is 2.20. The fourth-order valence-corrected chi connectivity index (χ4v) is 1.58. The fourth-order valence-electron chi connectivity index (χ4n) is 1.58. The molecule has 4 nitrogen and oxygen atoms in total. The van der Waals surface area contributed by atoms with E-state index in [0.717, 1.165) is 32.5 Å². The molecular weight excluding hydrogens is 353 g/mol. The molecule has 0 atom stereocenters. The molecule has 0 unspecified atom stereocenters. The van der Waals surface area contributed by atoms with E-state index in [9.17, 15) is 0 Å². The monoisotopic (exact) mass is 385 g/mol. The number of rotatable bonds is 10. The van der Waals surface area contributed by atoms with Crippen molar-refractivity contribution in [3.8, 4) is 0 Å². The summed E-state index contributed by atoms with van der Waals surface area (Å²) < 4.78 is 5.09. The van der Waals surface area contributed by atoms with Crippen LogP contribution in [0.1, 0.15) is 52.9 Å². The van der Waals surface area contributed by atoms with Gasteiger partial charge in [0.25, 0.3) is 0 Å². The van der Waals surface area contributed by atoms with Gasteiger partial charge in [-0.2, -0.15) is 0 Å². The van der Waals surface area contributed by atoms with Gasteiger partial charge in [0, 0.05) is 26.8 Å². The van der Waals surface area contributed by atoms with Crippen molar-refractivity contribution in [2.75, 3.05) is 26.8 Å². The number of nitrogens with one attached hydrogen (secondary N) is 1. The summed E-state index contributed by atoms with van der Waals surface area (Å²) in [7, 11) is 1.73. The Morgan fingerprint density at radius 3 is 2.53 bits per heavy atom. The van der Waals surface area contributed by atoms with Crippen LogP contribution in [0.4, 0.5) is 0 Å². The van der Waals surface area contributed by atoms with E-state index in [4.69, 9.17) is 10.5 Å². The second-order valence-electron chi connectivity index (χ2n) is 5.60. The number of methoxy groups -OCH3 is 1. The number of hydrogen-bond acceptors (Lipinski definition) is 2. The highest BCUT2D eigenvalue weighted by Gasteiger charge is 2.16. The van der Waals surface area contributed by atoms with E-state index in [-0.39, 0.29) is 29.4 Å². The van der Waals surface area contributed by atoms with Crippen LogP contribution in [0.5, 0.6) is 0 Å². The van der Waals surface area contributed by atoms with Crippen LogP contribution in [0, 0.1) is 5.41 Å². The first-order valence-electron chi connectivity index (χ1n) is 7.04. The Balaban J connectivity index is 0. The molecular formula is C14H32IN3O. The molecule has 0 aliphatic heterocycles. The molecule has 5 heteroatoms. The lowest BCUT2D eigenvalue weighted by molar-refractivity contribution is 0.155. The predicted octanol–water partition coefficient (Wildman–Crippen LogP) is 3.15. The molecule has 0 aliphatic carbocycles. The second-order valence-corrected chi connectivity index (χ2v) is 5.60. The summed E-state index contributed by atoms with van der Waals surface area (Å²) in [6.45, 7) is 9.02. The zero-order valence-corrected chi connectivity index (χ0v) is 15.3. The maximum atomic E-state index is 5.83. The minimum Gasteiger partial charge on any atom is -0.385 e. The van der Waals surface area contributed by atoms with Gasteiger partial charge >= 0.3 is 0 Å². The third-order valence-corrected chi connectivity index (χ3v) is 3.00. The van der Waals surface area contributed by atoms with E-state index in [1.807, 2.05) is 0 Å². The van der Waals surface area contributed by atoms with E-state index in [2.05, 4.69) is 31.1 Å². The standard InChI is InChI=1S/C14H31N3O.HI/c1-5-6-7-8-10-16-13(15)17-12-14(2,3)9-11-18-4;/h5-12H2,1-4H3,(H3,15,16,17);1H. The molecule has 0 radical (unpaired) electrons. The second kappa shape index (κ2) is 13.0. The first-order valence-corrected chi connectivity index (χ1v) is 7.04. The van der Waals surface area contributed by atoms with Crippen LogP contribution in [-0.4, -0.2) is 32.8 Å². The van der Waals surface area contributed by atoms with Crippen molar-refractivity contribution in [2.45, 2.75) is 52.9 Å². The Kier molecular flexibility index (Phi) is 14.5. The van der Waals surface area contributed by atoms with Crippen molar-refractivity contribution >= 4 is 29.9 Å². The van der Waals surface area contributed by atoms with Crippen LogP contribution in [-0.2, 0) is 4.74 Å². The molecule has 0 aromatic carbocycles. The van der Waals surface area contributed by atoms with Gasteiger partial charge in [-0.25, -0.2) is 0 Å². The Hall–Kier alpha value is -0.0400. The highest BCUT2D eigenvalue weighted by molar-refractivity contribution is 14.0. The van der Waals surface area contributed by atoms with Crippen molar-refractivity contribution in [2.24, 2.45) is 16.1 Å². The number of aliphatic imine (C=N–C) groups is 1. The molecule has 0 aromatic heterocycles. The van der Waals surface area contributed by atoms with Gasteiger partial charge < -0.3 is 15.8 Å². The first-order chi connectivity index (χ1) is 8.52. The van der Waals surface area contributed by atoms with Gasteiger partial charge in [0.15, 0.2) is 5.96 Å². The van der Waals surface area contributed by atoms with Gasteiger partial charge in [0.1, 0.15) is 0 Å². The minimum atomic E-state index is 0. The third-order valence-electron chi connectivity index (χ3n) is 3.00. The quantitative estimate of drug-likeness (QED) is 0.263. The first kappa shape index (κ1) is 21.3. The van der Waals surface area contributed by atoms with Crippen molar-refractivity contribution in [3.63, 3.8) is 0 Å². The van der Waals surface area contributed by atoms with E-state index in [0.29, 0.717) is 5.96 Å². The lowest BCUT2D eigenvalue weighted by Crippen LogP contribution is -2.33. The van der Waals surface area contributed by atoms with Gasteiger partial charge in [-0.05, 0) is 18.3 Å². The summed E-state index contributed by atoms with van der Waals surface area (Å²) >= 11 is 0. The van der Waals surface area contributed by atoms with E-state index < -0.39 is 0 Å². The SMILES string of the molecule is CCCCCCNC(N)=NCC(C)(C)CCOC.I. The molecule has 0 saturated heterocycles. The predicted molar refractivity (Wildman–Crippen MR) is 94.3 cm³/mol. The van der Waals surface area contributed by atoms with Gasteiger partial charge in [0.2, 0.25) is 0 Å². The molecule has 0 aromatic rings. The molecule has 0 amide bonds. The average Bonchev–Trinajstić information content (AvgIpc) is 2.34. The maximum absolute atomic E-state index is 5.83. The zero-order valence-electron chi connectivity index (χ0n) is 13.0. The molecule has 0 fully saturated rings. The summed E-state index contributed by atoms with van der Waals surface area (Å²) in [6, 6.07) is 0. The maximum Gasteiger partial charge on any atom is 0.188 e. The number of unbranched alkanes of at least 4 members (excludes halogenated alkanes) is 3. The van der Waals surface area contributed by atoms with E-state index in [1.165, 1.54) is 19.3 Å². The molecule has 0 bridgehead atoms. The van der Waals surface area contributed by atoms with Crippen LogP contribution >= 0.6 is 24.0 Å². The summed E-state index contributed by atoms with van der Waals surface area (Å²) in [5.41, 5.74) is 5.98. The van der Waals surface area contributed by atoms with Crippen LogP contribution in [0.15, 0.2) is 4.99 Å². The minimum absolute atomic E-state index is 0. The Bertz CT molecular complexity index is 233. The van der Waals surface area contributed by atoms with E-state index in [1.54, 1.807) is 7.11 Å². The van der Waals surface area contributed by atoms with E-state index >= 15 is 0 Å². The van der Waals surface area contributed by atoms with Gasteiger partial charge in [-0.3, -0.25) is 4.99 Å². The molecule has 0 heterocycles. The molecule has 0 aliphatic rings. The Morgan fingerprint density at radius 2 is 1.95 bits per heavy atom. The molecule has 3 N–H and O–H groups in total. The number of halogens is 1. The van der Waals surface area contributed by atoms with Crippen molar-refractivity contribution in [1.82, 2.24) is 5.32 Å². The third kappa shape index (κ3) is 14.2. The van der Waals surface area contributed by atoms with Crippen LogP contribution in [0.3, 0.4) is 0 Å². The molecule has 0 rings (SSSR count). The average molecular weight is 385 g/mol. The molecule has 116 valence electrons. The van der Waals surface area contributed by atoms with Crippen molar-refractivity contribution < 1.29 is 4.74 Å². The van der Waals surface area contributed by atoms with Crippen LogP contribution in [0.25, 0.3) is 0 Å². The number of guanidine groups is 1. The highest BCUT2D eigenvalue weighted by atomic mass is 127. The normalized spacial score (nSPS) is 12.1. The van der Waals surface area contributed by atoms with Crippen molar-refractivity contribution in [3.05, 3.63) is 0 Å².